The van der Waals surface area contributed by atoms with E-state index in [0.29, 0.717) is 24.8 Å². The molecule has 0 bridgehead atoms. The number of carbonyl (C=O) groups is 1. The first-order valence-corrected chi connectivity index (χ1v) is 7.57. The molecule has 19 heavy (non-hydrogen) atoms. The van der Waals surface area contributed by atoms with Gasteiger partial charge in [-0.1, -0.05) is 27.2 Å². The summed E-state index contributed by atoms with van der Waals surface area (Å²) in [4.78, 5) is 12.1. The second-order valence-electron chi connectivity index (χ2n) is 6.62. The first-order valence-electron chi connectivity index (χ1n) is 7.57. The minimum atomic E-state index is -0.817. The van der Waals surface area contributed by atoms with Crippen LogP contribution >= 0.6 is 0 Å². The monoisotopic (exact) mass is 270 g/mol. The van der Waals surface area contributed by atoms with Crippen LogP contribution in [0.25, 0.3) is 0 Å². The molecule has 1 aliphatic rings. The molecule has 1 aliphatic heterocycles. The van der Waals surface area contributed by atoms with Crippen LogP contribution < -0.4 is 10.6 Å². The SMILES string of the molecule is CCC1CCNC(C(=O)NCC(C)(O)CC(C)C)C1. The molecule has 0 aromatic rings. The summed E-state index contributed by atoms with van der Waals surface area (Å²) in [6.45, 7) is 9.36. The van der Waals surface area contributed by atoms with Gasteiger partial charge in [-0.05, 0) is 44.6 Å². The molecule has 3 unspecified atom stereocenters. The van der Waals surface area contributed by atoms with Gasteiger partial charge < -0.3 is 15.7 Å². The van der Waals surface area contributed by atoms with Gasteiger partial charge in [-0.3, -0.25) is 4.79 Å². The van der Waals surface area contributed by atoms with Gasteiger partial charge in [0, 0.05) is 6.54 Å². The molecule has 1 heterocycles. The molecule has 0 aromatic carbocycles. The Balaban J connectivity index is 2.38. The molecular weight excluding hydrogens is 240 g/mol. The van der Waals surface area contributed by atoms with Crippen molar-refractivity contribution < 1.29 is 9.90 Å². The van der Waals surface area contributed by atoms with Gasteiger partial charge in [-0.25, -0.2) is 0 Å². The fourth-order valence-electron chi connectivity index (χ4n) is 2.92. The zero-order valence-electron chi connectivity index (χ0n) is 12.8. The highest BCUT2D eigenvalue weighted by Crippen LogP contribution is 2.20. The Morgan fingerprint density at radius 2 is 2.21 bits per heavy atom. The molecular formula is C15H30N2O2. The second-order valence-corrected chi connectivity index (χ2v) is 6.62. The highest BCUT2D eigenvalue weighted by atomic mass is 16.3. The standard InChI is InChI=1S/C15H30N2O2/c1-5-12-6-7-16-13(8-12)14(18)17-10-15(4,19)9-11(2)3/h11-13,16,19H,5-10H2,1-4H3,(H,17,18). The summed E-state index contributed by atoms with van der Waals surface area (Å²) in [5, 5.41) is 16.4. The van der Waals surface area contributed by atoms with Crippen molar-refractivity contribution in [3.8, 4) is 0 Å². The average Bonchev–Trinajstić information content (AvgIpc) is 2.34. The van der Waals surface area contributed by atoms with Crippen molar-refractivity contribution in [3.05, 3.63) is 0 Å². The van der Waals surface area contributed by atoms with Crippen LogP contribution in [-0.4, -0.2) is 35.7 Å². The van der Waals surface area contributed by atoms with Crippen molar-refractivity contribution in [1.29, 1.82) is 0 Å². The van der Waals surface area contributed by atoms with Gasteiger partial charge in [-0.2, -0.15) is 0 Å². The van der Waals surface area contributed by atoms with E-state index < -0.39 is 5.60 Å². The van der Waals surface area contributed by atoms with Crippen molar-refractivity contribution in [3.63, 3.8) is 0 Å². The number of amides is 1. The molecule has 1 fully saturated rings. The van der Waals surface area contributed by atoms with E-state index in [0.717, 1.165) is 25.8 Å². The molecule has 4 heteroatoms. The Labute approximate surface area is 117 Å². The maximum atomic E-state index is 12.1. The molecule has 1 rings (SSSR count). The molecule has 0 aromatic heterocycles. The van der Waals surface area contributed by atoms with Crippen LogP contribution in [0.1, 0.15) is 53.4 Å². The Morgan fingerprint density at radius 3 is 2.79 bits per heavy atom. The quantitative estimate of drug-likeness (QED) is 0.688. The topological polar surface area (TPSA) is 61.4 Å². The van der Waals surface area contributed by atoms with Crippen LogP contribution in [0.4, 0.5) is 0 Å². The highest BCUT2D eigenvalue weighted by molar-refractivity contribution is 5.81. The number of nitrogens with one attached hydrogen (secondary N) is 2. The summed E-state index contributed by atoms with van der Waals surface area (Å²) in [5.41, 5.74) is -0.817. The third-order valence-electron chi connectivity index (χ3n) is 3.90. The predicted molar refractivity (Wildman–Crippen MR) is 77.9 cm³/mol. The Morgan fingerprint density at radius 1 is 1.53 bits per heavy atom. The minimum Gasteiger partial charge on any atom is -0.388 e. The molecule has 1 amide bonds. The smallest absolute Gasteiger partial charge is 0.237 e. The molecule has 0 aliphatic carbocycles. The van der Waals surface area contributed by atoms with Gasteiger partial charge in [0.15, 0.2) is 0 Å². The lowest BCUT2D eigenvalue weighted by atomic mass is 9.89. The summed E-state index contributed by atoms with van der Waals surface area (Å²) in [6, 6.07) is -0.0893. The van der Waals surface area contributed by atoms with Gasteiger partial charge in [0.25, 0.3) is 0 Å². The van der Waals surface area contributed by atoms with Crippen LogP contribution in [0.2, 0.25) is 0 Å². The first kappa shape index (κ1) is 16.4. The fourth-order valence-corrected chi connectivity index (χ4v) is 2.92. The summed E-state index contributed by atoms with van der Waals surface area (Å²) < 4.78 is 0. The van der Waals surface area contributed by atoms with Crippen molar-refractivity contribution >= 4 is 5.91 Å². The molecule has 0 saturated carbocycles. The van der Waals surface area contributed by atoms with Crippen molar-refractivity contribution in [1.82, 2.24) is 10.6 Å². The summed E-state index contributed by atoms with van der Waals surface area (Å²) in [7, 11) is 0. The van der Waals surface area contributed by atoms with Gasteiger partial charge in [-0.15, -0.1) is 0 Å². The summed E-state index contributed by atoms with van der Waals surface area (Å²) in [6.07, 6.45) is 3.90. The molecule has 0 radical (unpaired) electrons. The molecule has 0 spiro atoms. The number of hydrogen-bond acceptors (Lipinski definition) is 3. The number of aliphatic hydroxyl groups is 1. The lowest BCUT2D eigenvalue weighted by Gasteiger charge is -2.31. The third kappa shape index (κ3) is 5.91. The van der Waals surface area contributed by atoms with Crippen molar-refractivity contribution in [2.45, 2.75) is 65.0 Å². The molecule has 3 N–H and O–H groups in total. The second kappa shape index (κ2) is 7.25. The molecule has 1 saturated heterocycles. The van der Waals surface area contributed by atoms with Gasteiger partial charge in [0.05, 0.1) is 11.6 Å². The fraction of sp³-hybridized carbons (Fsp3) is 0.933. The van der Waals surface area contributed by atoms with E-state index in [1.54, 1.807) is 6.92 Å². The van der Waals surface area contributed by atoms with E-state index in [2.05, 4.69) is 31.4 Å². The largest absolute Gasteiger partial charge is 0.388 e. The summed E-state index contributed by atoms with van der Waals surface area (Å²) in [5.74, 6) is 1.10. The number of rotatable bonds is 6. The third-order valence-corrected chi connectivity index (χ3v) is 3.90. The van der Waals surface area contributed by atoms with E-state index in [9.17, 15) is 9.90 Å². The number of carbonyl (C=O) groups excluding carboxylic acids is 1. The lowest BCUT2D eigenvalue weighted by Crippen LogP contribution is -2.51. The Kier molecular flexibility index (Phi) is 6.27. The first-order chi connectivity index (χ1) is 8.84. The number of hydrogen-bond donors (Lipinski definition) is 3. The highest BCUT2D eigenvalue weighted by Gasteiger charge is 2.28. The summed E-state index contributed by atoms with van der Waals surface area (Å²) >= 11 is 0. The Hall–Kier alpha value is -0.610. The average molecular weight is 270 g/mol. The van der Waals surface area contributed by atoms with Gasteiger partial charge in [0.1, 0.15) is 0 Å². The Bertz CT molecular complexity index is 290. The van der Waals surface area contributed by atoms with Crippen LogP contribution in [0.5, 0.6) is 0 Å². The van der Waals surface area contributed by atoms with Gasteiger partial charge >= 0.3 is 0 Å². The van der Waals surface area contributed by atoms with Crippen molar-refractivity contribution in [2.75, 3.05) is 13.1 Å². The molecule has 4 nitrogen and oxygen atoms in total. The molecule has 112 valence electrons. The zero-order chi connectivity index (χ0) is 14.5. The van der Waals surface area contributed by atoms with Crippen LogP contribution in [0.3, 0.4) is 0 Å². The minimum absolute atomic E-state index is 0.0298. The number of piperidine rings is 1. The van der Waals surface area contributed by atoms with Crippen LogP contribution in [0.15, 0.2) is 0 Å². The maximum absolute atomic E-state index is 12.1. The normalized spacial score (nSPS) is 27.1. The predicted octanol–water partition coefficient (Wildman–Crippen LogP) is 1.68. The van der Waals surface area contributed by atoms with E-state index in [4.69, 9.17) is 0 Å². The van der Waals surface area contributed by atoms with E-state index in [-0.39, 0.29) is 11.9 Å². The lowest BCUT2D eigenvalue weighted by molar-refractivity contribution is -0.125. The van der Waals surface area contributed by atoms with E-state index in [1.165, 1.54) is 0 Å². The van der Waals surface area contributed by atoms with Crippen molar-refractivity contribution in [2.24, 2.45) is 11.8 Å². The zero-order valence-corrected chi connectivity index (χ0v) is 12.8. The van der Waals surface area contributed by atoms with Gasteiger partial charge in [0.2, 0.25) is 5.91 Å². The van der Waals surface area contributed by atoms with Crippen LogP contribution in [0, 0.1) is 11.8 Å². The van der Waals surface area contributed by atoms with E-state index in [1.807, 2.05) is 0 Å². The van der Waals surface area contributed by atoms with E-state index >= 15 is 0 Å². The molecule has 3 atom stereocenters. The van der Waals surface area contributed by atoms with Crippen LogP contribution in [-0.2, 0) is 4.79 Å². The maximum Gasteiger partial charge on any atom is 0.237 e.